The van der Waals surface area contributed by atoms with Gasteiger partial charge in [0.05, 0.1) is 5.69 Å². The Labute approximate surface area is 110 Å². The maximum atomic E-state index is 14.1. The van der Waals surface area contributed by atoms with E-state index in [4.69, 9.17) is 5.73 Å². The molecule has 2 nitrogen and oxygen atoms in total. The van der Waals surface area contributed by atoms with Crippen molar-refractivity contribution in [3.8, 4) is 0 Å². The van der Waals surface area contributed by atoms with E-state index in [1.807, 2.05) is 31.0 Å². The Morgan fingerprint density at radius 3 is 2.28 bits per heavy atom. The summed E-state index contributed by atoms with van der Waals surface area (Å²) >= 11 is 0. The Hall–Kier alpha value is -1.09. The molecule has 2 atom stereocenters. The lowest BCUT2D eigenvalue weighted by atomic mass is 10.0. The normalized spacial score (nSPS) is 14.7. The molecule has 1 rings (SSSR count). The highest BCUT2D eigenvalue weighted by Gasteiger charge is 2.17. The van der Waals surface area contributed by atoms with Crippen molar-refractivity contribution in [1.82, 2.24) is 0 Å². The van der Waals surface area contributed by atoms with Crippen LogP contribution >= 0.6 is 0 Å². The fourth-order valence-corrected chi connectivity index (χ4v) is 2.00. The first kappa shape index (κ1) is 15.0. The van der Waals surface area contributed by atoms with Gasteiger partial charge in [-0.25, -0.2) is 4.39 Å². The molecule has 0 saturated heterocycles. The zero-order valence-electron chi connectivity index (χ0n) is 12.1. The second-order valence-corrected chi connectivity index (χ2v) is 5.56. The van der Waals surface area contributed by atoms with E-state index in [9.17, 15) is 4.39 Å². The molecule has 1 aromatic rings. The highest BCUT2D eigenvalue weighted by atomic mass is 19.1. The monoisotopic (exact) mass is 252 g/mol. The zero-order valence-corrected chi connectivity index (χ0v) is 12.1. The van der Waals surface area contributed by atoms with Crippen molar-refractivity contribution < 1.29 is 4.39 Å². The minimum atomic E-state index is -0.164. The van der Waals surface area contributed by atoms with Crippen LogP contribution in [0.25, 0.3) is 0 Å². The lowest BCUT2D eigenvalue weighted by molar-refractivity contribution is 0.497. The largest absolute Gasteiger partial charge is 0.369 e. The molecule has 0 spiro atoms. The second kappa shape index (κ2) is 6.19. The summed E-state index contributed by atoms with van der Waals surface area (Å²) in [4.78, 5) is 2.00. The predicted molar refractivity (Wildman–Crippen MR) is 76.5 cm³/mol. The number of rotatable bonds is 5. The highest BCUT2D eigenvalue weighted by Crippen LogP contribution is 2.24. The first-order valence-electron chi connectivity index (χ1n) is 6.59. The summed E-state index contributed by atoms with van der Waals surface area (Å²) in [5, 5.41) is 0. The fraction of sp³-hybridized carbons (Fsp3) is 0.600. The third-order valence-electron chi connectivity index (χ3n) is 3.53. The molecule has 2 N–H and O–H groups in total. The van der Waals surface area contributed by atoms with Crippen LogP contribution in [-0.4, -0.2) is 19.1 Å². The van der Waals surface area contributed by atoms with Crippen LogP contribution in [0.15, 0.2) is 18.2 Å². The smallest absolute Gasteiger partial charge is 0.146 e. The first-order valence-corrected chi connectivity index (χ1v) is 6.59. The van der Waals surface area contributed by atoms with Gasteiger partial charge in [-0.15, -0.1) is 0 Å². The van der Waals surface area contributed by atoms with Gasteiger partial charge in [0.1, 0.15) is 5.82 Å². The van der Waals surface area contributed by atoms with Crippen LogP contribution < -0.4 is 10.6 Å². The quantitative estimate of drug-likeness (QED) is 0.872. The van der Waals surface area contributed by atoms with Crippen LogP contribution in [0.1, 0.15) is 33.3 Å². The van der Waals surface area contributed by atoms with E-state index in [0.29, 0.717) is 24.1 Å². The molecular formula is C15H25FN2. The van der Waals surface area contributed by atoms with Gasteiger partial charge in [-0.1, -0.05) is 19.9 Å². The summed E-state index contributed by atoms with van der Waals surface area (Å²) in [5.41, 5.74) is 7.34. The summed E-state index contributed by atoms with van der Waals surface area (Å²) in [6.07, 6.45) is 0.709. The third kappa shape index (κ3) is 3.70. The van der Waals surface area contributed by atoms with E-state index in [1.165, 1.54) is 0 Å². The Balaban J connectivity index is 2.91. The Bertz CT molecular complexity index is 388. The summed E-state index contributed by atoms with van der Waals surface area (Å²) in [7, 11) is 1.94. The molecule has 2 unspecified atom stereocenters. The molecule has 0 aliphatic heterocycles. The van der Waals surface area contributed by atoms with Gasteiger partial charge in [-0.3, -0.25) is 0 Å². The molecule has 18 heavy (non-hydrogen) atoms. The van der Waals surface area contributed by atoms with E-state index < -0.39 is 0 Å². The van der Waals surface area contributed by atoms with Gasteiger partial charge < -0.3 is 10.6 Å². The first-order chi connectivity index (χ1) is 8.32. The fourth-order valence-electron chi connectivity index (χ4n) is 2.00. The molecule has 0 amide bonds. The molecule has 0 heterocycles. The summed E-state index contributed by atoms with van der Waals surface area (Å²) in [5.74, 6) is 0.321. The minimum absolute atomic E-state index is 0.0579. The summed E-state index contributed by atoms with van der Waals surface area (Å²) < 4.78 is 14.1. The van der Waals surface area contributed by atoms with Crippen molar-refractivity contribution in [2.45, 2.75) is 46.2 Å². The number of hydrogen-bond donors (Lipinski definition) is 1. The molecule has 0 aliphatic carbocycles. The van der Waals surface area contributed by atoms with Crippen LogP contribution in [0.2, 0.25) is 0 Å². The number of halogens is 1. The van der Waals surface area contributed by atoms with Crippen molar-refractivity contribution in [2.75, 3.05) is 11.9 Å². The SMILES string of the molecule is CC(N)Cc1ccc(N(C)C(C)C(C)C)c(F)c1. The molecule has 0 saturated carbocycles. The van der Waals surface area contributed by atoms with Gasteiger partial charge in [0, 0.05) is 19.1 Å². The van der Waals surface area contributed by atoms with Crippen LogP contribution in [0.3, 0.4) is 0 Å². The van der Waals surface area contributed by atoms with E-state index in [-0.39, 0.29) is 11.9 Å². The number of hydrogen-bond acceptors (Lipinski definition) is 2. The van der Waals surface area contributed by atoms with Crippen LogP contribution in [0.5, 0.6) is 0 Å². The lowest BCUT2D eigenvalue weighted by Gasteiger charge is -2.30. The summed E-state index contributed by atoms with van der Waals surface area (Å²) in [6.45, 7) is 8.33. The molecule has 0 radical (unpaired) electrons. The van der Waals surface area contributed by atoms with E-state index in [1.54, 1.807) is 6.07 Å². The molecule has 3 heteroatoms. The van der Waals surface area contributed by atoms with Crippen molar-refractivity contribution in [3.05, 3.63) is 29.6 Å². The zero-order chi connectivity index (χ0) is 13.9. The van der Waals surface area contributed by atoms with Gasteiger partial charge in [0.2, 0.25) is 0 Å². The molecular weight excluding hydrogens is 227 g/mol. The Morgan fingerprint density at radius 1 is 1.22 bits per heavy atom. The van der Waals surface area contributed by atoms with Gasteiger partial charge in [0.15, 0.2) is 0 Å². The highest BCUT2D eigenvalue weighted by molar-refractivity contribution is 5.49. The second-order valence-electron chi connectivity index (χ2n) is 5.56. The van der Waals surface area contributed by atoms with E-state index in [2.05, 4.69) is 20.8 Å². The van der Waals surface area contributed by atoms with Gasteiger partial charge in [-0.05, 0) is 43.9 Å². The average molecular weight is 252 g/mol. The lowest BCUT2D eigenvalue weighted by Crippen LogP contribution is -2.33. The minimum Gasteiger partial charge on any atom is -0.369 e. The molecule has 0 aliphatic rings. The number of nitrogens with zero attached hydrogens (tertiary/aromatic N) is 1. The number of anilines is 1. The van der Waals surface area contributed by atoms with Crippen LogP contribution in [-0.2, 0) is 6.42 Å². The van der Waals surface area contributed by atoms with Crippen molar-refractivity contribution in [3.63, 3.8) is 0 Å². The molecule has 1 aromatic carbocycles. The van der Waals surface area contributed by atoms with E-state index in [0.717, 1.165) is 5.56 Å². The van der Waals surface area contributed by atoms with Gasteiger partial charge in [0.25, 0.3) is 0 Å². The molecule has 0 aromatic heterocycles. The maximum absolute atomic E-state index is 14.1. The van der Waals surface area contributed by atoms with Crippen molar-refractivity contribution in [2.24, 2.45) is 11.7 Å². The van der Waals surface area contributed by atoms with Gasteiger partial charge in [-0.2, -0.15) is 0 Å². The Morgan fingerprint density at radius 2 is 1.83 bits per heavy atom. The van der Waals surface area contributed by atoms with Crippen molar-refractivity contribution in [1.29, 1.82) is 0 Å². The van der Waals surface area contributed by atoms with Crippen molar-refractivity contribution >= 4 is 5.69 Å². The molecule has 102 valence electrons. The topological polar surface area (TPSA) is 29.3 Å². The molecule has 0 bridgehead atoms. The Kier molecular flexibility index (Phi) is 5.15. The molecule has 0 fully saturated rings. The third-order valence-corrected chi connectivity index (χ3v) is 3.53. The standard InChI is InChI=1S/C15H25FN2/c1-10(2)12(4)18(5)15-7-6-13(8-11(3)17)9-14(15)16/h6-7,9-12H,8,17H2,1-5H3. The van der Waals surface area contributed by atoms with Crippen LogP contribution in [0, 0.1) is 11.7 Å². The maximum Gasteiger partial charge on any atom is 0.146 e. The predicted octanol–water partition coefficient (Wildman–Crippen LogP) is 3.20. The average Bonchev–Trinajstić information content (AvgIpc) is 2.26. The number of benzene rings is 1. The van der Waals surface area contributed by atoms with E-state index >= 15 is 0 Å². The number of nitrogens with two attached hydrogens (primary N) is 1. The summed E-state index contributed by atoms with van der Waals surface area (Å²) in [6, 6.07) is 5.78. The van der Waals surface area contributed by atoms with Gasteiger partial charge >= 0.3 is 0 Å². The van der Waals surface area contributed by atoms with Crippen LogP contribution in [0.4, 0.5) is 10.1 Å².